The van der Waals surface area contributed by atoms with Crippen molar-refractivity contribution in [2.75, 3.05) is 7.11 Å². The standard InChI is InChI=1S/C25H28N2O4S/c1-19(11-12-20-13-15-23(31-2)16-14-20)27-25(28)22-9-6-10-24(17-22)32(29,30)26-18-21-7-4-3-5-8-21/h3-10,13-17,19,26H,11-12,18H2,1-2H3,(H,27,28). The van der Waals surface area contributed by atoms with Crippen LogP contribution < -0.4 is 14.8 Å². The number of benzene rings is 3. The van der Waals surface area contributed by atoms with Gasteiger partial charge in [-0.1, -0.05) is 48.5 Å². The van der Waals surface area contributed by atoms with Crippen molar-refractivity contribution in [3.8, 4) is 5.75 Å². The predicted octanol–water partition coefficient (Wildman–Crippen LogP) is 3.92. The topological polar surface area (TPSA) is 84.5 Å². The highest BCUT2D eigenvalue weighted by atomic mass is 32.2. The van der Waals surface area contributed by atoms with Crippen molar-refractivity contribution in [3.63, 3.8) is 0 Å². The molecule has 1 atom stereocenters. The van der Waals surface area contributed by atoms with Gasteiger partial charge in [-0.25, -0.2) is 13.1 Å². The number of aryl methyl sites for hydroxylation is 1. The van der Waals surface area contributed by atoms with Crippen LogP contribution in [0.3, 0.4) is 0 Å². The molecule has 0 aromatic heterocycles. The maximum absolute atomic E-state index is 12.7. The summed E-state index contributed by atoms with van der Waals surface area (Å²) in [7, 11) is -2.10. The zero-order chi connectivity index (χ0) is 23.0. The molecule has 0 aliphatic rings. The number of carbonyl (C=O) groups is 1. The summed E-state index contributed by atoms with van der Waals surface area (Å²) in [6.07, 6.45) is 1.57. The lowest BCUT2D eigenvalue weighted by Gasteiger charge is -2.15. The molecule has 0 aliphatic heterocycles. The summed E-state index contributed by atoms with van der Waals surface area (Å²) in [5.41, 5.74) is 2.32. The molecule has 0 saturated carbocycles. The van der Waals surface area contributed by atoms with Gasteiger partial charge in [0.05, 0.1) is 12.0 Å². The minimum absolute atomic E-state index is 0.0620. The third kappa shape index (κ3) is 6.67. The van der Waals surface area contributed by atoms with Gasteiger partial charge in [0.15, 0.2) is 0 Å². The molecule has 1 unspecified atom stereocenters. The Morgan fingerprint density at radius 2 is 1.66 bits per heavy atom. The normalized spacial score (nSPS) is 12.2. The maximum Gasteiger partial charge on any atom is 0.251 e. The molecule has 1 amide bonds. The Balaban J connectivity index is 1.57. The average Bonchev–Trinajstić information content (AvgIpc) is 2.82. The summed E-state index contributed by atoms with van der Waals surface area (Å²) < 4.78 is 33.1. The number of nitrogens with one attached hydrogen (secondary N) is 2. The van der Waals surface area contributed by atoms with Crippen molar-refractivity contribution in [2.45, 2.75) is 37.2 Å². The van der Waals surface area contributed by atoms with Gasteiger partial charge < -0.3 is 10.1 Å². The van der Waals surface area contributed by atoms with E-state index in [-0.39, 0.29) is 23.4 Å². The summed E-state index contributed by atoms with van der Waals surface area (Å²) in [5, 5.41) is 2.95. The molecular weight excluding hydrogens is 424 g/mol. The first-order valence-corrected chi connectivity index (χ1v) is 11.9. The van der Waals surface area contributed by atoms with Crippen LogP contribution in [0.2, 0.25) is 0 Å². The van der Waals surface area contributed by atoms with E-state index in [1.807, 2.05) is 61.5 Å². The van der Waals surface area contributed by atoms with Crippen molar-refractivity contribution >= 4 is 15.9 Å². The predicted molar refractivity (Wildman–Crippen MR) is 125 cm³/mol. The lowest BCUT2D eigenvalue weighted by molar-refractivity contribution is 0.0938. The fourth-order valence-corrected chi connectivity index (χ4v) is 4.28. The van der Waals surface area contributed by atoms with E-state index < -0.39 is 10.0 Å². The number of sulfonamides is 1. The number of amides is 1. The van der Waals surface area contributed by atoms with Crippen molar-refractivity contribution in [1.29, 1.82) is 0 Å². The molecule has 2 N–H and O–H groups in total. The third-order valence-corrected chi connectivity index (χ3v) is 6.52. The molecule has 32 heavy (non-hydrogen) atoms. The molecule has 0 aliphatic carbocycles. The molecule has 0 fully saturated rings. The number of rotatable bonds is 10. The van der Waals surface area contributed by atoms with E-state index >= 15 is 0 Å². The van der Waals surface area contributed by atoms with E-state index in [2.05, 4.69) is 10.0 Å². The molecule has 0 heterocycles. The minimum Gasteiger partial charge on any atom is -0.497 e. The molecule has 3 rings (SSSR count). The molecular formula is C25H28N2O4S. The van der Waals surface area contributed by atoms with Crippen LogP contribution in [0.25, 0.3) is 0 Å². The van der Waals surface area contributed by atoms with Crippen molar-refractivity contribution < 1.29 is 17.9 Å². The summed E-state index contributed by atoms with van der Waals surface area (Å²) in [6, 6.07) is 23.1. The summed E-state index contributed by atoms with van der Waals surface area (Å²) in [6.45, 7) is 2.12. The lowest BCUT2D eigenvalue weighted by Crippen LogP contribution is -2.33. The summed E-state index contributed by atoms with van der Waals surface area (Å²) in [4.78, 5) is 12.7. The van der Waals surface area contributed by atoms with Crippen LogP contribution in [-0.2, 0) is 23.0 Å². The van der Waals surface area contributed by atoms with E-state index in [1.165, 1.54) is 12.1 Å². The molecule has 0 spiro atoms. The smallest absolute Gasteiger partial charge is 0.251 e. The maximum atomic E-state index is 12.7. The Bertz CT molecular complexity index is 1130. The minimum atomic E-state index is -3.74. The Morgan fingerprint density at radius 3 is 2.34 bits per heavy atom. The van der Waals surface area contributed by atoms with Gasteiger partial charge in [0.1, 0.15) is 5.75 Å². The molecule has 0 bridgehead atoms. The monoisotopic (exact) mass is 452 g/mol. The van der Waals surface area contributed by atoms with E-state index in [0.717, 1.165) is 29.7 Å². The largest absolute Gasteiger partial charge is 0.497 e. The Labute approximate surface area is 189 Å². The number of methoxy groups -OCH3 is 1. The van der Waals surface area contributed by atoms with Crippen LogP contribution >= 0.6 is 0 Å². The highest BCUT2D eigenvalue weighted by molar-refractivity contribution is 7.89. The second kappa shape index (κ2) is 10.9. The van der Waals surface area contributed by atoms with Gasteiger partial charge in [0.25, 0.3) is 5.91 Å². The van der Waals surface area contributed by atoms with Gasteiger partial charge in [0.2, 0.25) is 10.0 Å². The number of carbonyl (C=O) groups excluding carboxylic acids is 1. The van der Waals surface area contributed by atoms with Crippen molar-refractivity contribution in [2.24, 2.45) is 0 Å². The van der Waals surface area contributed by atoms with Crippen molar-refractivity contribution in [3.05, 3.63) is 95.6 Å². The van der Waals surface area contributed by atoms with Gasteiger partial charge in [-0.2, -0.15) is 0 Å². The van der Waals surface area contributed by atoms with E-state index in [9.17, 15) is 13.2 Å². The first-order chi connectivity index (χ1) is 15.4. The van der Waals surface area contributed by atoms with Gasteiger partial charge >= 0.3 is 0 Å². The van der Waals surface area contributed by atoms with Crippen LogP contribution in [0, 0.1) is 0 Å². The molecule has 3 aromatic carbocycles. The summed E-state index contributed by atoms with van der Waals surface area (Å²) in [5.74, 6) is 0.510. The lowest BCUT2D eigenvalue weighted by atomic mass is 10.1. The van der Waals surface area contributed by atoms with Crippen LogP contribution in [0.1, 0.15) is 34.8 Å². The Kier molecular flexibility index (Phi) is 8.03. The zero-order valence-electron chi connectivity index (χ0n) is 18.2. The number of ether oxygens (including phenoxy) is 1. The number of hydrogen-bond donors (Lipinski definition) is 2. The van der Waals surface area contributed by atoms with E-state index in [4.69, 9.17) is 4.74 Å². The number of hydrogen-bond acceptors (Lipinski definition) is 4. The highest BCUT2D eigenvalue weighted by Gasteiger charge is 2.17. The Morgan fingerprint density at radius 1 is 0.938 bits per heavy atom. The molecule has 0 radical (unpaired) electrons. The van der Waals surface area contributed by atoms with E-state index in [0.29, 0.717) is 5.56 Å². The first-order valence-electron chi connectivity index (χ1n) is 10.4. The second-order valence-corrected chi connectivity index (χ2v) is 9.37. The second-order valence-electron chi connectivity index (χ2n) is 7.60. The Hall–Kier alpha value is -3.16. The molecule has 7 heteroatoms. The van der Waals surface area contributed by atoms with Gasteiger partial charge in [-0.05, 0) is 61.2 Å². The SMILES string of the molecule is COc1ccc(CCC(C)NC(=O)c2cccc(S(=O)(=O)NCc3ccccc3)c2)cc1. The summed E-state index contributed by atoms with van der Waals surface area (Å²) >= 11 is 0. The van der Waals surface area contributed by atoms with Gasteiger partial charge in [-0.15, -0.1) is 0 Å². The van der Waals surface area contributed by atoms with Crippen LogP contribution in [0.4, 0.5) is 0 Å². The highest BCUT2D eigenvalue weighted by Crippen LogP contribution is 2.15. The fourth-order valence-electron chi connectivity index (χ4n) is 3.22. The average molecular weight is 453 g/mol. The molecule has 6 nitrogen and oxygen atoms in total. The third-order valence-electron chi connectivity index (χ3n) is 5.12. The molecule has 168 valence electrons. The fraction of sp³-hybridized carbons (Fsp3) is 0.240. The molecule has 3 aromatic rings. The van der Waals surface area contributed by atoms with Crippen LogP contribution in [0.5, 0.6) is 5.75 Å². The quantitative estimate of drug-likeness (QED) is 0.488. The van der Waals surface area contributed by atoms with Crippen LogP contribution in [-0.4, -0.2) is 27.5 Å². The van der Waals surface area contributed by atoms with Crippen LogP contribution in [0.15, 0.2) is 83.8 Å². The van der Waals surface area contributed by atoms with E-state index in [1.54, 1.807) is 19.2 Å². The van der Waals surface area contributed by atoms with Crippen molar-refractivity contribution in [1.82, 2.24) is 10.0 Å². The van der Waals surface area contributed by atoms with Gasteiger partial charge in [-0.3, -0.25) is 4.79 Å². The zero-order valence-corrected chi connectivity index (χ0v) is 19.1. The first kappa shape index (κ1) is 23.5. The van der Waals surface area contributed by atoms with Gasteiger partial charge in [0, 0.05) is 18.2 Å². The molecule has 0 saturated heterocycles.